The van der Waals surface area contributed by atoms with Crippen molar-refractivity contribution in [3.8, 4) is 0 Å². The first-order valence-corrected chi connectivity index (χ1v) is 7.18. The van der Waals surface area contributed by atoms with Crippen LogP contribution < -0.4 is 5.32 Å². The first kappa shape index (κ1) is 14.5. The molecule has 5 nitrogen and oxygen atoms in total. The smallest absolute Gasteiger partial charge is 0.246 e. The Hall–Kier alpha value is -0.940. The standard InChI is InChI=1S/C14H24N2O3/c1-3-7-16-12(17)9-11(13(16)18)15-10-14(4-5-14)6-8-19-2/h11,15H,3-10H2,1-2H3. The lowest BCUT2D eigenvalue weighted by molar-refractivity contribution is -0.138. The van der Waals surface area contributed by atoms with Gasteiger partial charge in [0.2, 0.25) is 11.8 Å². The summed E-state index contributed by atoms with van der Waals surface area (Å²) in [6.07, 6.45) is 4.55. The van der Waals surface area contributed by atoms with E-state index in [1.807, 2.05) is 6.92 Å². The minimum atomic E-state index is -0.306. The zero-order valence-electron chi connectivity index (χ0n) is 11.9. The molecule has 1 unspecified atom stereocenters. The van der Waals surface area contributed by atoms with Gasteiger partial charge in [-0.3, -0.25) is 14.5 Å². The van der Waals surface area contributed by atoms with Crippen molar-refractivity contribution in [3.63, 3.8) is 0 Å². The molecule has 1 aliphatic heterocycles. The molecule has 2 amide bonds. The molecule has 0 spiro atoms. The summed E-state index contributed by atoms with van der Waals surface area (Å²) in [5, 5.41) is 3.29. The molecule has 19 heavy (non-hydrogen) atoms. The van der Waals surface area contributed by atoms with Gasteiger partial charge in [0, 0.05) is 26.8 Å². The Kier molecular flexibility index (Phi) is 4.58. The molecule has 108 valence electrons. The second-order valence-corrected chi connectivity index (χ2v) is 5.76. The van der Waals surface area contributed by atoms with Crippen LogP contribution >= 0.6 is 0 Å². The molecule has 0 radical (unpaired) electrons. The Labute approximate surface area is 114 Å². The fourth-order valence-corrected chi connectivity index (χ4v) is 2.65. The van der Waals surface area contributed by atoms with Crippen LogP contribution in [0.2, 0.25) is 0 Å². The maximum atomic E-state index is 12.1. The average molecular weight is 268 g/mol. The third-order valence-electron chi connectivity index (χ3n) is 4.21. The van der Waals surface area contributed by atoms with Gasteiger partial charge in [-0.05, 0) is 31.1 Å². The van der Waals surface area contributed by atoms with Gasteiger partial charge in [-0.2, -0.15) is 0 Å². The molecule has 0 aromatic heterocycles. The van der Waals surface area contributed by atoms with Gasteiger partial charge in [0.1, 0.15) is 0 Å². The normalized spacial score (nSPS) is 25.2. The minimum Gasteiger partial charge on any atom is -0.385 e. The number of nitrogens with zero attached hydrogens (tertiary/aromatic N) is 1. The molecule has 0 bridgehead atoms. The number of rotatable bonds is 8. The predicted octanol–water partition coefficient (Wildman–Crippen LogP) is 0.930. The average Bonchev–Trinajstić information content (AvgIpc) is 3.12. The summed E-state index contributed by atoms with van der Waals surface area (Å²) in [5.41, 5.74) is 0.303. The molecular weight excluding hydrogens is 244 g/mol. The number of methoxy groups -OCH3 is 1. The molecule has 2 fully saturated rings. The number of carbonyl (C=O) groups is 2. The van der Waals surface area contributed by atoms with E-state index < -0.39 is 0 Å². The molecule has 0 aromatic rings. The maximum Gasteiger partial charge on any atom is 0.246 e. The van der Waals surface area contributed by atoms with E-state index in [4.69, 9.17) is 4.74 Å². The van der Waals surface area contributed by atoms with E-state index in [-0.39, 0.29) is 17.9 Å². The molecular formula is C14H24N2O3. The SMILES string of the molecule is CCCN1C(=O)CC(NCC2(CCOC)CC2)C1=O. The Morgan fingerprint density at radius 1 is 1.42 bits per heavy atom. The maximum absolute atomic E-state index is 12.1. The van der Waals surface area contributed by atoms with E-state index in [1.54, 1.807) is 7.11 Å². The lowest BCUT2D eigenvalue weighted by atomic mass is 10.0. The van der Waals surface area contributed by atoms with Gasteiger partial charge < -0.3 is 10.1 Å². The van der Waals surface area contributed by atoms with Crippen molar-refractivity contribution < 1.29 is 14.3 Å². The van der Waals surface area contributed by atoms with Crippen LogP contribution in [0.5, 0.6) is 0 Å². The highest BCUT2D eigenvalue weighted by Gasteiger charge is 2.44. The molecule has 1 atom stereocenters. The van der Waals surface area contributed by atoms with E-state index in [0.717, 1.165) is 26.0 Å². The fourth-order valence-electron chi connectivity index (χ4n) is 2.65. The number of imide groups is 1. The summed E-state index contributed by atoms with van der Waals surface area (Å²) < 4.78 is 5.12. The topological polar surface area (TPSA) is 58.6 Å². The molecule has 1 saturated carbocycles. The van der Waals surface area contributed by atoms with E-state index >= 15 is 0 Å². The number of hydrogen-bond acceptors (Lipinski definition) is 4. The number of nitrogens with one attached hydrogen (secondary N) is 1. The molecule has 1 N–H and O–H groups in total. The Morgan fingerprint density at radius 2 is 2.16 bits per heavy atom. The van der Waals surface area contributed by atoms with Gasteiger partial charge in [-0.1, -0.05) is 6.92 Å². The molecule has 5 heteroatoms. The van der Waals surface area contributed by atoms with Crippen LogP contribution in [-0.4, -0.2) is 49.6 Å². The summed E-state index contributed by atoms with van der Waals surface area (Å²) in [6.45, 7) is 4.11. The van der Waals surface area contributed by atoms with Crippen LogP contribution in [0.15, 0.2) is 0 Å². The van der Waals surface area contributed by atoms with Gasteiger partial charge >= 0.3 is 0 Å². The number of amides is 2. The van der Waals surface area contributed by atoms with Gasteiger partial charge in [-0.25, -0.2) is 0 Å². The molecule has 2 aliphatic rings. The molecule has 1 saturated heterocycles. The first-order chi connectivity index (χ1) is 9.12. The molecule has 2 rings (SSSR count). The van der Waals surface area contributed by atoms with E-state index in [9.17, 15) is 9.59 Å². The number of carbonyl (C=O) groups excluding carboxylic acids is 2. The summed E-state index contributed by atoms with van der Waals surface area (Å²) >= 11 is 0. The number of hydrogen-bond donors (Lipinski definition) is 1. The van der Waals surface area contributed by atoms with Crippen molar-refractivity contribution in [1.82, 2.24) is 10.2 Å². The highest BCUT2D eigenvalue weighted by molar-refractivity contribution is 6.05. The van der Waals surface area contributed by atoms with Gasteiger partial charge in [0.15, 0.2) is 0 Å². The van der Waals surface area contributed by atoms with Crippen molar-refractivity contribution >= 4 is 11.8 Å². The fraction of sp³-hybridized carbons (Fsp3) is 0.857. The first-order valence-electron chi connectivity index (χ1n) is 7.18. The van der Waals surface area contributed by atoms with Crippen LogP contribution in [0.25, 0.3) is 0 Å². The number of likely N-dealkylation sites (tertiary alicyclic amines) is 1. The molecule has 1 heterocycles. The van der Waals surface area contributed by atoms with Crippen LogP contribution in [0.1, 0.15) is 39.0 Å². The lowest BCUT2D eigenvalue weighted by Gasteiger charge is -2.19. The minimum absolute atomic E-state index is 0.0360. The third-order valence-corrected chi connectivity index (χ3v) is 4.21. The summed E-state index contributed by atoms with van der Waals surface area (Å²) in [4.78, 5) is 25.2. The van der Waals surface area contributed by atoms with E-state index in [0.29, 0.717) is 18.4 Å². The zero-order chi connectivity index (χ0) is 13.9. The van der Waals surface area contributed by atoms with Crippen LogP contribution in [0.3, 0.4) is 0 Å². The Balaban J connectivity index is 1.81. The van der Waals surface area contributed by atoms with Gasteiger partial charge in [0.25, 0.3) is 0 Å². The van der Waals surface area contributed by atoms with Gasteiger partial charge in [0.05, 0.1) is 12.5 Å². The Bertz CT molecular complexity index is 353. The molecule has 1 aliphatic carbocycles. The summed E-state index contributed by atoms with van der Waals surface area (Å²) in [5.74, 6) is -0.0829. The van der Waals surface area contributed by atoms with Crippen molar-refractivity contribution in [2.75, 3.05) is 26.8 Å². The summed E-state index contributed by atoms with van der Waals surface area (Å²) in [6, 6.07) is -0.306. The monoisotopic (exact) mass is 268 g/mol. The van der Waals surface area contributed by atoms with Crippen molar-refractivity contribution in [2.24, 2.45) is 5.41 Å². The third kappa shape index (κ3) is 3.34. The van der Waals surface area contributed by atoms with Crippen molar-refractivity contribution in [1.29, 1.82) is 0 Å². The van der Waals surface area contributed by atoms with Gasteiger partial charge in [-0.15, -0.1) is 0 Å². The Morgan fingerprint density at radius 3 is 2.74 bits per heavy atom. The second kappa shape index (κ2) is 6.01. The highest BCUT2D eigenvalue weighted by atomic mass is 16.5. The summed E-state index contributed by atoms with van der Waals surface area (Å²) in [7, 11) is 1.71. The van der Waals surface area contributed by atoms with Crippen molar-refractivity contribution in [3.05, 3.63) is 0 Å². The largest absolute Gasteiger partial charge is 0.385 e. The predicted molar refractivity (Wildman–Crippen MR) is 71.6 cm³/mol. The highest BCUT2D eigenvalue weighted by Crippen LogP contribution is 2.48. The zero-order valence-corrected chi connectivity index (χ0v) is 11.9. The van der Waals surface area contributed by atoms with Crippen LogP contribution in [0.4, 0.5) is 0 Å². The van der Waals surface area contributed by atoms with E-state index in [2.05, 4.69) is 5.32 Å². The molecule has 0 aromatic carbocycles. The van der Waals surface area contributed by atoms with Crippen LogP contribution in [-0.2, 0) is 14.3 Å². The van der Waals surface area contributed by atoms with Crippen molar-refractivity contribution in [2.45, 2.75) is 45.1 Å². The van der Waals surface area contributed by atoms with E-state index in [1.165, 1.54) is 17.7 Å². The van der Waals surface area contributed by atoms with Crippen LogP contribution in [0, 0.1) is 5.41 Å². The number of ether oxygens (including phenoxy) is 1. The quantitative estimate of drug-likeness (QED) is 0.665. The lowest BCUT2D eigenvalue weighted by Crippen LogP contribution is -2.41. The second-order valence-electron chi connectivity index (χ2n) is 5.76.